The molecule has 0 saturated heterocycles. The van der Waals surface area contributed by atoms with Gasteiger partial charge in [0.25, 0.3) is 0 Å². The van der Waals surface area contributed by atoms with Gasteiger partial charge in [-0.3, -0.25) is 0 Å². The normalized spacial score (nSPS) is 17.5. The molecule has 0 aliphatic carbocycles. The van der Waals surface area contributed by atoms with E-state index in [4.69, 9.17) is 5.11 Å². The summed E-state index contributed by atoms with van der Waals surface area (Å²) in [7, 11) is 0. The molecule has 0 aromatic heterocycles. The fourth-order valence-electron chi connectivity index (χ4n) is 1.31. The van der Waals surface area contributed by atoms with Crippen molar-refractivity contribution >= 4 is 0 Å². The molecule has 0 bridgehead atoms. The third-order valence-corrected chi connectivity index (χ3v) is 2.15. The number of hydrogen-bond acceptors (Lipinski definition) is 3. The molecule has 0 aromatic carbocycles. The van der Waals surface area contributed by atoms with Crippen LogP contribution in [0.15, 0.2) is 0 Å². The van der Waals surface area contributed by atoms with Crippen LogP contribution in [0.1, 0.15) is 33.6 Å². The van der Waals surface area contributed by atoms with Gasteiger partial charge >= 0.3 is 0 Å². The first-order chi connectivity index (χ1) is 5.43. The Morgan fingerprint density at radius 3 is 2.08 bits per heavy atom. The zero-order valence-corrected chi connectivity index (χ0v) is 8.12. The molecule has 12 heavy (non-hydrogen) atoms. The highest BCUT2D eigenvalue weighted by Crippen LogP contribution is 2.22. The van der Waals surface area contributed by atoms with Gasteiger partial charge in [-0.2, -0.15) is 0 Å². The first-order valence-electron chi connectivity index (χ1n) is 4.44. The highest BCUT2D eigenvalue weighted by Gasteiger charge is 2.31. The molecule has 0 saturated carbocycles. The van der Waals surface area contributed by atoms with Crippen LogP contribution in [0.2, 0.25) is 0 Å². The van der Waals surface area contributed by atoms with Gasteiger partial charge in [0.1, 0.15) is 0 Å². The molecule has 0 aromatic rings. The average Bonchev–Trinajstić information content (AvgIpc) is 1.85. The van der Waals surface area contributed by atoms with Crippen molar-refractivity contribution in [1.29, 1.82) is 0 Å². The van der Waals surface area contributed by atoms with Crippen LogP contribution >= 0.6 is 0 Å². The molecule has 3 N–H and O–H groups in total. The van der Waals surface area contributed by atoms with Crippen molar-refractivity contribution in [1.82, 2.24) is 0 Å². The largest absolute Gasteiger partial charge is 0.396 e. The third kappa shape index (κ3) is 3.52. The van der Waals surface area contributed by atoms with Gasteiger partial charge in [-0.25, -0.2) is 0 Å². The number of aliphatic hydroxyl groups excluding tert-OH is 2. The summed E-state index contributed by atoms with van der Waals surface area (Å²) in [6.45, 7) is 4.99. The van der Waals surface area contributed by atoms with E-state index in [0.717, 1.165) is 6.42 Å². The van der Waals surface area contributed by atoms with Gasteiger partial charge in [-0.1, -0.05) is 13.3 Å². The van der Waals surface area contributed by atoms with Gasteiger partial charge in [-0.15, -0.1) is 0 Å². The van der Waals surface area contributed by atoms with Gasteiger partial charge in [-0.05, 0) is 20.3 Å². The lowest BCUT2D eigenvalue weighted by Crippen LogP contribution is -2.41. The quantitative estimate of drug-likeness (QED) is 0.572. The Balaban J connectivity index is 4.14. The molecule has 0 heterocycles. The maximum absolute atomic E-state index is 9.55. The highest BCUT2D eigenvalue weighted by atomic mass is 16.3. The first-order valence-corrected chi connectivity index (χ1v) is 4.44. The molecule has 74 valence electrons. The maximum atomic E-state index is 9.55. The van der Waals surface area contributed by atoms with Crippen LogP contribution in [0.25, 0.3) is 0 Å². The molecular weight excluding hydrogens is 156 g/mol. The lowest BCUT2D eigenvalue weighted by Gasteiger charge is -2.31. The smallest absolute Gasteiger partial charge is 0.0666 e. The summed E-state index contributed by atoms with van der Waals surface area (Å²) in [4.78, 5) is 0. The Morgan fingerprint density at radius 1 is 1.33 bits per heavy atom. The zero-order chi connectivity index (χ0) is 9.78. The minimum atomic E-state index is -1.01. The van der Waals surface area contributed by atoms with E-state index in [-0.39, 0.29) is 6.61 Å². The second-order valence-corrected chi connectivity index (χ2v) is 3.80. The van der Waals surface area contributed by atoms with Gasteiger partial charge in [0.05, 0.1) is 18.3 Å². The van der Waals surface area contributed by atoms with Crippen LogP contribution in [0.4, 0.5) is 0 Å². The number of rotatable bonds is 5. The minimum Gasteiger partial charge on any atom is -0.396 e. The molecule has 0 amide bonds. The summed E-state index contributed by atoms with van der Waals surface area (Å²) in [6.07, 6.45) is 0.864. The van der Waals surface area contributed by atoms with Crippen LogP contribution in [0, 0.1) is 5.92 Å². The van der Waals surface area contributed by atoms with Gasteiger partial charge in [0, 0.05) is 5.92 Å². The molecule has 0 fully saturated rings. The standard InChI is InChI=1S/C9H20O3/c1-4-5-8(11)7(6-10)9(2,3)12/h7-8,10-12H,4-6H2,1-3H3. The van der Waals surface area contributed by atoms with E-state index in [1.165, 1.54) is 0 Å². The van der Waals surface area contributed by atoms with Gasteiger partial charge < -0.3 is 15.3 Å². The summed E-state index contributed by atoms with van der Waals surface area (Å²) in [5.41, 5.74) is -1.01. The topological polar surface area (TPSA) is 60.7 Å². The summed E-state index contributed by atoms with van der Waals surface area (Å²) < 4.78 is 0. The Labute approximate surface area is 74.0 Å². The molecule has 2 unspecified atom stereocenters. The highest BCUT2D eigenvalue weighted by molar-refractivity contribution is 4.82. The van der Waals surface area contributed by atoms with Crippen LogP contribution in [-0.2, 0) is 0 Å². The molecule has 0 rings (SSSR count). The lowest BCUT2D eigenvalue weighted by atomic mass is 9.85. The van der Waals surface area contributed by atoms with Crippen molar-refractivity contribution in [3.05, 3.63) is 0 Å². The second kappa shape index (κ2) is 4.80. The molecule has 0 radical (unpaired) electrons. The van der Waals surface area contributed by atoms with Crippen molar-refractivity contribution < 1.29 is 15.3 Å². The van der Waals surface area contributed by atoms with E-state index >= 15 is 0 Å². The molecule has 0 aliphatic rings. The summed E-state index contributed by atoms with van der Waals surface area (Å²) in [5.74, 6) is -0.447. The predicted octanol–water partition coefficient (Wildman–Crippen LogP) is 0.527. The Hall–Kier alpha value is -0.120. The van der Waals surface area contributed by atoms with Crippen molar-refractivity contribution in [3.63, 3.8) is 0 Å². The molecule has 3 heteroatoms. The summed E-state index contributed by atoms with van der Waals surface area (Å²) in [6, 6.07) is 0. The van der Waals surface area contributed by atoms with E-state index in [1.54, 1.807) is 13.8 Å². The summed E-state index contributed by atoms with van der Waals surface area (Å²) in [5, 5.41) is 28.0. The zero-order valence-electron chi connectivity index (χ0n) is 8.12. The first kappa shape index (κ1) is 11.9. The molecule has 2 atom stereocenters. The maximum Gasteiger partial charge on any atom is 0.0666 e. The van der Waals surface area contributed by atoms with E-state index in [9.17, 15) is 10.2 Å². The average molecular weight is 176 g/mol. The van der Waals surface area contributed by atoms with Crippen LogP contribution in [0.3, 0.4) is 0 Å². The lowest BCUT2D eigenvalue weighted by molar-refractivity contribution is -0.0706. The van der Waals surface area contributed by atoms with E-state index in [1.807, 2.05) is 6.92 Å². The van der Waals surface area contributed by atoms with Crippen molar-refractivity contribution in [2.24, 2.45) is 5.92 Å². The van der Waals surface area contributed by atoms with Gasteiger partial charge in [0.2, 0.25) is 0 Å². The van der Waals surface area contributed by atoms with Gasteiger partial charge in [0.15, 0.2) is 0 Å². The Bertz CT molecular complexity index is 117. The van der Waals surface area contributed by atoms with E-state index in [0.29, 0.717) is 6.42 Å². The SMILES string of the molecule is CCCC(O)C(CO)C(C)(C)O. The van der Waals surface area contributed by atoms with E-state index in [2.05, 4.69) is 0 Å². The van der Waals surface area contributed by atoms with Crippen LogP contribution < -0.4 is 0 Å². The number of hydrogen-bond donors (Lipinski definition) is 3. The predicted molar refractivity (Wildman–Crippen MR) is 47.8 cm³/mol. The minimum absolute atomic E-state index is 0.176. The molecule has 0 spiro atoms. The Morgan fingerprint density at radius 2 is 1.83 bits per heavy atom. The fourth-order valence-corrected chi connectivity index (χ4v) is 1.31. The third-order valence-electron chi connectivity index (χ3n) is 2.15. The fraction of sp³-hybridized carbons (Fsp3) is 1.00. The van der Waals surface area contributed by atoms with Crippen molar-refractivity contribution in [2.45, 2.75) is 45.3 Å². The molecule has 3 nitrogen and oxygen atoms in total. The second-order valence-electron chi connectivity index (χ2n) is 3.80. The summed E-state index contributed by atoms with van der Waals surface area (Å²) >= 11 is 0. The molecule has 0 aliphatic heterocycles. The van der Waals surface area contributed by atoms with Crippen molar-refractivity contribution in [2.75, 3.05) is 6.61 Å². The number of aliphatic hydroxyl groups is 3. The monoisotopic (exact) mass is 176 g/mol. The van der Waals surface area contributed by atoms with E-state index < -0.39 is 17.6 Å². The van der Waals surface area contributed by atoms with Crippen molar-refractivity contribution in [3.8, 4) is 0 Å². The van der Waals surface area contributed by atoms with Crippen LogP contribution in [-0.4, -0.2) is 33.6 Å². The molecular formula is C9H20O3. The Kier molecular flexibility index (Phi) is 4.75. The van der Waals surface area contributed by atoms with Crippen LogP contribution in [0.5, 0.6) is 0 Å².